The van der Waals surface area contributed by atoms with Crippen LogP contribution in [0.1, 0.15) is 52.4 Å². The number of hydrogen-bond acceptors (Lipinski definition) is 5. The molecule has 194 valence electrons. The van der Waals surface area contributed by atoms with E-state index in [2.05, 4.69) is 15.6 Å². The predicted molar refractivity (Wildman–Crippen MR) is 134 cm³/mol. The highest BCUT2D eigenvalue weighted by Gasteiger charge is 2.48. The van der Waals surface area contributed by atoms with Gasteiger partial charge in [0.1, 0.15) is 22.8 Å². The van der Waals surface area contributed by atoms with E-state index in [1.165, 1.54) is 23.4 Å². The Bertz CT molecular complexity index is 1290. The first-order valence-corrected chi connectivity index (χ1v) is 12.1. The Morgan fingerprint density at radius 2 is 1.68 bits per heavy atom. The first-order chi connectivity index (χ1) is 17.8. The van der Waals surface area contributed by atoms with Crippen molar-refractivity contribution in [3.05, 3.63) is 83.2 Å². The normalized spacial score (nSPS) is 16.8. The highest BCUT2D eigenvalue weighted by Crippen LogP contribution is 2.29. The largest absolute Gasteiger partial charge is 0.497 e. The maximum Gasteiger partial charge on any atom is 0.273 e. The molecular weight excluding hydrogens is 477 g/mol. The summed E-state index contributed by atoms with van der Waals surface area (Å²) in [6.45, 7) is 4.59. The molecule has 1 aromatic heterocycles. The number of imidazole rings is 1. The van der Waals surface area contributed by atoms with Crippen LogP contribution in [0.5, 0.6) is 5.75 Å². The van der Waals surface area contributed by atoms with E-state index in [4.69, 9.17) is 4.74 Å². The molecule has 3 amide bonds. The Morgan fingerprint density at radius 1 is 1.05 bits per heavy atom. The quantitative estimate of drug-likeness (QED) is 0.463. The zero-order chi connectivity index (χ0) is 26.6. The molecule has 9 nitrogen and oxygen atoms in total. The standard InChI is InChI=1S/C27H30FN5O4/c1-4-13-33-25(35)23-22(24(34)29-14-18-5-9-20(28)10-6-18)31-17-32(23)16-27(33,2)26(36)30-15-19-7-11-21(37-3)12-8-19/h5-12,17H,4,13-16H2,1-3H3,(H,29,34)(H,30,36)/t27-/m1/s1. The van der Waals surface area contributed by atoms with Crippen LogP contribution in [0.2, 0.25) is 0 Å². The summed E-state index contributed by atoms with van der Waals surface area (Å²) in [6.07, 6.45) is 2.05. The number of halogens is 1. The molecule has 10 heteroatoms. The van der Waals surface area contributed by atoms with Gasteiger partial charge in [-0.05, 0) is 48.7 Å². The molecule has 1 aliphatic rings. The van der Waals surface area contributed by atoms with E-state index in [0.717, 1.165) is 11.3 Å². The van der Waals surface area contributed by atoms with Gasteiger partial charge >= 0.3 is 0 Å². The lowest BCUT2D eigenvalue weighted by Gasteiger charge is -2.43. The zero-order valence-electron chi connectivity index (χ0n) is 21.1. The van der Waals surface area contributed by atoms with Crippen LogP contribution in [-0.4, -0.2) is 51.4 Å². The number of hydrogen-bond donors (Lipinski definition) is 2. The van der Waals surface area contributed by atoms with Gasteiger partial charge in [-0.15, -0.1) is 0 Å². The number of carbonyl (C=O) groups is 3. The molecule has 0 spiro atoms. The average molecular weight is 508 g/mol. The molecule has 0 aliphatic carbocycles. The molecule has 2 aromatic carbocycles. The van der Waals surface area contributed by atoms with Gasteiger partial charge in [-0.2, -0.15) is 0 Å². The summed E-state index contributed by atoms with van der Waals surface area (Å²) in [7, 11) is 1.59. The third kappa shape index (κ3) is 5.32. The lowest BCUT2D eigenvalue weighted by molar-refractivity contribution is -0.133. The van der Waals surface area contributed by atoms with Crippen molar-refractivity contribution in [1.29, 1.82) is 0 Å². The lowest BCUT2D eigenvalue weighted by atomic mass is 9.93. The fourth-order valence-electron chi connectivity index (χ4n) is 4.41. The maximum atomic E-state index is 13.6. The van der Waals surface area contributed by atoms with Crippen LogP contribution in [0.4, 0.5) is 4.39 Å². The topological polar surface area (TPSA) is 106 Å². The van der Waals surface area contributed by atoms with Gasteiger partial charge in [-0.25, -0.2) is 9.37 Å². The van der Waals surface area contributed by atoms with E-state index in [0.29, 0.717) is 25.1 Å². The SMILES string of the molecule is CCCN1C(=O)c2c(C(=O)NCc3ccc(F)cc3)ncn2C[C@]1(C)C(=O)NCc1ccc(OC)cc1. The van der Waals surface area contributed by atoms with E-state index in [9.17, 15) is 18.8 Å². The number of benzene rings is 2. The zero-order valence-corrected chi connectivity index (χ0v) is 21.1. The van der Waals surface area contributed by atoms with Gasteiger partial charge in [0.05, 0.1) is 20.0 Å². The van der Waals surface area contributed by atoms with E-state index in [-0.39, 0.29) is 36.2 Å². The Kier molecular flexibility index (Phi) is 7.56. The Balaban J connectivity index is 1.51. The molecule has 2 N–H and O–H groups in total. The summed E-state index contributed by atoms with van der Waals surface area (Å²) in [5.74, 6) is -0.892. The van der Waals surface area contributed by atoms with Crippen molar-refractivity contribution in [3.8, 4) is 5.75 Å². The van der Waals surface area contributed by atoms with Crippen LogP contribution >= 0.6 is 0 Å². The molecule has 0 saturated carbocycles. The molecular formula is C27H30FN5O4. The lowest BCUT2D eigenvalue weighted by Crippen LogP contribution is -2.64. The van der Waals surface area contributed by atoms with Crippen LogP contribution in [-0.2, 0) is 24.4 Å². The Labute approximate surface area is 214 Å². The highest BCUT2D eigenvalue weighted by atomic mass is 19.1. The second kappa shape index (κ2) is 10.8. The third-order valence-corrected chi connectivity index (χ3v) is 6.49. The average Bonchev–Trinajstić information content (AvgIpc) is 3.33. The van der Waals surface area contributed by atoms with Crippen molar-refractivity contribution >= 4 is 17.7 Å². The fourth-order valence-corrected chi connectivity index (χ4v) is 4.41. The number of ether oxygens (including phenoxy) is 1. The number of aromatic nitrogens is 2. The summed E-state index contributed by atoms with van der Waals surface area (Å²) < 4.78 is 19.9. The van der Waals surface area contributed by atoms with Crippen molar-refractivity contribution in [2.45, 2.75) is 45.4 Å². The van der Waals surface area contributed by atoms with Crippen molar-refractivity contribution < 1.29 is 23.5 Å². The molecule has 0 saturated heterocycles. The van der Waals surface area contributed by atoms with Gasteiger partial charge in [0.15, 0.2) is 5.69 Å². The second-order valence-corrected chi connectivity index (χ2v) is 9.14. The maximum absolute atomic E-state index is 13.6. The van der Waals surface area contributed by atoms with E-state index in [1.807, 2.05) is 31.2 Å². The minimum absolute atomic E-state index is 0.00564. The fraction of sp³-hybridized carbons (Fsp3) is 0.333. The van der Waals surface area contributed by atoms with Crippen molar-refractivity contribution in [2.24, 2.45) is 0 Å². The van der Waals surface area contributed by atoms with Gasteiger partial charge < -0.3 is 24.8 Å². The number of methoxy groups -OCH3 is 1. The summed E-state index contributed by atoms with van der Waals surface area (Å²) in [4.78, 5) is 45.7. The molecule has 0 bridgehead atoms. The summed E-state index contributed by atoms with van der Waals surface area (Å²) >= 11 is 0. The number of nitrogens with one attached hydrogen (secondary N) is 2. The van der Waals surface area contributed by atoms with Gasteiger partial charge in [-0.1, -0.05) is 31.2 Å². The first kappa shape index (κ1) is 25.9. The smallest absolute Gasteiger partial charge is 0.273 e. The van der Waals surface area contributed by atoms with Crippen LogP contribution in [0.25, 0.3) is 0 Å². The molecule has 0 radical (unpaired) electrons. The van der Waals surface area contributed by atoms with Gasteiger partial charge in [0, 0.05) is 19.6 Å². The van der Waals surface area contributed by atoms with Gasteiger partial charge in [0.2, 0.25) is 5.91 Å². The highest BCUT2D eigenvalue weighted by molar-refractivity contribution is 6.07. The second-order valence-electron chi connectivity index (χ2n) is 9.14. The first-order valence-electron chi connectivity index (χ1n) is 12.1. The van der Waals surface area contributed by atoms with E-state index < -0.39 is 17.4 Å². The minimum atomic E-state index is -1.17. The molecule has 2 heterocycles. The van der Waals surface area contributed by atoms with Gasteiger partial charge in [-0.3, -0.25) is 14.4 Å². The molecule has 3 aromatic rings. The third-order valence-electron chi connectivity index (χ3n) is 6.49. The van der Waals surface area contributed by atoms with Crippen LogP contribution in [0, 0.1) is 5.82 Å². The Morgan fingerprint density at radius 3 is 2.30 bits per heavy atom. The monoisotopic (exact) mass is 507 g/mol. The molecule has 37 heavy (non-hydrogen) atoms. The molecule has 4 rings (SSSR count). The van der Waals surface area contributed by atoms with Crippen LogP contribution in [0.15, 0.2) is 54.9 Å². The Hall–Kier alpha value is -4.21. The van der Waals surface area contributed by atoms with Crippen LogP contribution in [0.3, 0.4) is 0 Å². The van der Waals surface area contributed by atoms with Crippen molar-refractivity contribution in [2.75, 3.05) is 13.7 Å². The number of carbonyl (C=O) groups excluding carboxylic acids is 3. The van der Waals surface area contributed by atoms with E-state index >= 15 is 0 Å². The number of rotatable bonds is 9. The molecule has 0 fully saturated rings. The van der Waals surface area contributed by atoms with Crippen molar-refractivity contribution in [1.82, 2.24) is 25.1 Å². The number of nitrogens with zero attached hydrogens (tertiary/aromatic N) is 3. The molecule has 0 unspecified atom stereocenters. The summed E-state index contributed by atoms with van der Waals surface area (Å²) in [6, 6.07) is 13.1. The number of amides is 3. The minimum Gasteiger partial charge on any atom is -0.497 e. The van der Waals surface area contributed by atoms with Crippen LogP contribution < -0.4 is 15.4 Å². The van der Waals surface area contributed by atoms with E-state index in [1.54, 1.807) is 30.7 Å². The van der Waals surface area contributed by atoms with Gasteiger partial charge in [0.25, 0.3) is 11.8 Å². The summed E-state index contributed by atoms with van der Waals surface area (Å²) in [5.41, 5.74) is 0.572. The number of fused-ring (bicyclic) bond motifs is 1. The summed E-state index contributed by atoms with van der Waals surface area (Å²) in [5, 5.41) is 5.68. The molecule has 1 atom stereocenters. The predicted octanol–water partition coefficient (Wildman–Crippen LogP) is 2.90. The van der Waals surface area contributed by atoms with Crippen molar-refractivity contribution in [3.63, 3.8) is 0 Å². The molecule has 1 aliphatic heterocycles.